The third kappa shape index (κ3) is 3.87. The van der Waals surface area contributed by atoms with Crippen molar-refractivity contribution < 1.29 is 13.2 Å². The molecule has 0 aliphatic carbocycles. The molecule has 1 aliphatic heterocycles. The highest BCUT2D eigenvalue weighted by molar-refractivity contribution is 7.89. The van der Waals surface area contributed by atoms with E-state index in [2.05, 4.69) is 0 Å². The Labute approximate surface area is 133 Å². The van der Waals surface area contributed by atoms with Crippen molar-refractivity contribution in [3.05, 3.63) is 35.4 Å². The van der Waals surface area contributed by atoms with Crippen molar-refractivity contribution in [1.82, 2.24) is 9.21 Å². The van der Waals surface area contributed by atoms with E-state index in [9.17, 15) is 13.2 Å². The molecule has 1 heterocycles. The molecule has 0 saturated carbocycles. The second kappa shape index (κ2) is 7.24. The van der Waals surface area contributed by atoms with E-state index in [0.29, 0.717) is 38.2 Å². The van der Waals surface area contributed by atoms with Gasteiger partial charge in [-0.3, -0.25) is 4.79 Å². The minimum atomic E-state index is -3.17. The summed E-state index contributed by atoms with van der Waals surface area (Å²) in [5.41, 5.74) is 1.65. The van der Waals surface area contributed by atoms with Crippen LogP contribution in [0.2, 0.25) is 0 Å². The predicted octanol–water partition coefficient (Wildman–Crippen LogP) is 1.88. The van der Waals surface area contributed by atoms with Gasteiger partial charge < -0.3 is 4.90 Å². The average molecular weight is 324 g/mol. The van der Waals surface area contributed by atoms with Gasteiger partial charge in [0.2, 0.25) is 10.0 Å². The number of aryl methyl sites for hydroxylation is 1. The quantitative estimate of drug-likeness (QED) is 0.831. The molecule has 22 heavy (non-hydrogen) atoms. The molecule has 0 radical (unpaired) electrons. The molecule has 0 N–H and O–H groups in total. The zero-order chi connectivity index (χ0) is 16.2. The molecule has 0 aromatic heterocycles. The number of benzene rings is 1. The molecule has 0 atom stereocenters. The zero-order valence-corrected chi connectivity index (χ0v) is 14.1. The first-order valence-corrected chi connectivity index (χ1v) is 9.39. The number of nitrogens with zero attached hydrogens (tertiary/aromatic N) is 2. The number of hydrogen-bond donors (Lipinski definition) is 0. The normalized spacial score (nSPS) is 16.7. The fourth-order valence-corrected chi connectivity index (χ4v) is 4.24. The fourth-order valence-electron chi connectivity index (χ4n) is 2.61. The summed E-state index contributed by atoms with van der Waals surface area (Å²) >= 11 is 0. The van der Waals surface area contributed by atoms with Crippen LogP contribution < -0.4 is 0 Å². The first kappa shape index (κ1) is 17.0. The third-order valence-corrected chi connectivity index (χ3v) is 6.01. The summed E-state index contributed by atoms with van der Waals surface area (Å²) in [6.45, 7) is 5.59. The smallest absolute Gasteiger partial charge is 0.254 e. The molecular formula is C16H24N2O3S. The van der Waals surface area contributed by atoms with Crippen LogP contribution in [0.3, 0.4) is 0 Å². The van der Waals surface area contributed by atoms with Gasteiger partial charge in [-0.15, -0.1) is 0 Å². The highest BCUT2D eigenvalue weighted by atomic mass is 32.2. The van der Waals surface area contributed by atoms with Crippen LogP contribution in [0.15, 0.2) is 24.3 Å². The third-order valence-electron chi connectivity index (χ3n) is 4.05. The highest BCUT2D eigenvalue weighted by Crippen LogP contribution is 2.15. The summed E-state index contributed by atoms with van der Waals surface area (Å²) in [5.74, 6) is 0.193. The van der Waals surface area contributed by atoms with Gasteiger partial charge in [-0.25, -0.2) is 8.42 Å². The Hall–Kier alpha value is -1.40. The van der Waals surface area contributed by atoms with E-state index < -0.39 is 10.0 Å². The molecule has 122 valence electrons. The van der Waals surface area contributed by atoms with E-state index in [1.807, 2.05) is 38.1 Å². The summed E-state index contributed by atoms with van der Waals surface area (Å²) in [6.07, 6.45) is 1.55. The summed E-state index contributed by atoms with van der Waals surface area (Å²) in [4.78, 5) is 14.3. The molecule has 1 aromatic rings. The standard InChI is InChI=1S/C16H24N2O3S/c1-3-4-13-22(20,21)18-11-9-17(10-12-18)16(19)15-8-6-5-7-14(15)2/h5-8H,3-4,9-13H2,1-2H3. The maximum Gasteiger partial charge on any atom is 0.254 e. The van der Waals surface area contributed by atoms with Crippen LogP contribution in [0.1, 0.15) is 35.7 Å². The largest absolute Gasteiger partial charge is 0.336 e. The molecule has 0 spiro atoms. The Bertz CT molecular complexity index is 620. The molecule has 2 rings (SSSR count). The van der Waals surface area contributed by atoms with Gasteiger partial charge in [-0.05, 0) is 25.0 Å². The molecule has 6 heteroatoms. The van der Waals surface area contributed by atoms with E-state index in [0.717, 1.165) is 12.0 Å². The minimum Gasteiger partial charge on any atom is -0.336 e. The van der Waals surface area contributed by atoms with Gasteiger partial charge in [0.25, 0.3) is 5.91 Å². The van der Waals surface area contributed by atoms with Crippen LogP contribution in [0, 0.1) is 6.92 Å². The second-order valence-corrected chi connectivity index (χ2v) is 7.76. The summed E-state index contributed by atoms with van der Waals surface area (Å²) in [7, 11) is -3.17. The van der Waals surface area contributed by atoms with Gasteiger partial charge in [0, 0.05) is 31.7 Å². The van der Waals surface area contributed by atoms with E-state index in [1.54, 1.807) is 4.90 Å². The highest BCUT2D eigenvalue weighted by Gasteiger charge is 2.29. The SMILES string of the molecule is CCCCS(=O)(=O)N1CCN(C(=O)c2ccccc2C)CC1. The van der Waals surface area contributed by atoms with Crippen molar-refractivity contribution in [3.8, 4) is 0 Å². The number of rotatable bonds is 5. The maximum absolute atomic E-state index is 12.5. The van der Waals surface area contributed by atoms with Crippen molar-refractivity contribution in [1.29, 1.82) is 0 Å². The second-order valence-electron chi connectivity index (χ2n) is 5.68. The Kier molecular flexibility index (Phi) is 5.58. The van der Waals surface area contributed by atoms with Crippen molar-refractivity contribution in [2.24, 2.45) is 0 Å². The van der Waals surface area contributed by atoms with E-state index in [1.165, 1.54) is 4.31 Å². The van der Waals surface area contributed by atoms with Crippen LogP contribution in [-0.4, -0.2) is 55.5 Å². The molecule has 1 amide bonds. The molecule has 1 fully saturated rings. The monoisotopic (exact) mass is 324 g/mol. The lowest BCUT2D eigenvalue weighted by atomic mass is 10.1. The number of piperazine rings is 1. The predicted molar refractivity (Wildman–Crippen MR) is 87.4 cm³/mol. The topological polar surface area (TPSA) is 57.7 Å². The fraction of sp³-hybridized carbons (Fsp3) is 0.562. The van der Waals surface area contributed by atoms with E-state index >= 15 is 0 Å². The Balaban J connectivity index is 1.98. The molecule has 0 bridgehead atoms. The number of carbonyl (C=O) groups is 1. The van der Waals surface area contributed by atoms with Crippen LogP contribution >= 0.6 is 0 Å². The average Bonchev–Trinajstić information content (AvgIpc) is 2.53. The van der Waals surface area contributed by atoms with Crippen LogP contribution in [0.25, 0.3) is 0 Å². The lowest BCUT2D eigenvalue weighted by Crippen LogP contribution is -2.51. The number of unbranched alkanes of at least 4 members (excludes halogenated alkanes) is 1. The first-order valence-electron chi connectivity index (χ1n) is 7.78. The van der Waals surface area contributed by atoms with Gasteiger partial charge in [0.1, 0.15) is 0 Å². The van der Waals surface area contributed by atoms with Crippen molar-refractivity contribution in [3.63, 3.8) is 0 Å². The number of amides is 1. The van der Waals surface area contributed by atoms with E-state index in [4.69, 9.17) is 0 Å². The maximum atomic E-state index is 12.5. The molecule has 1 aliphatic rings. The van der Waals surface area contributed by atoms with Crippen LogP contribution in [0.5, 0.6) is 0 Å². The van der Waals surface area contributed by atoms with Crippen LogP contribution in [0.4, 0.5) is 0 Å². The van der Waals surface area contributed by atoms with Crippen molar-refractivity contribution in [2.45, 2.75) is 26.7 Å². The lowest BCUT2D eigenvalue weighted by Gasteiger charge is -2.34. The number of sulfonamides is 1. The van der Waals surface area contributed by atoms with Crippen LogP contribution in [-0.2, 0) is 10.0 Å². The zero-order valence-electron chi connectivity index (χ0n) is 13.3. The lowest BCUT2D eigenvalue weighted by molar-refractivity contribution is 0.0697. The Morgan fingerprint density at radius 2 is 1.77 bits per heavy atom. The Morgan fingerprint density at radius 3 is 2.36 bits per heavy atom. The van der Waals surface area contributed by atoms with Gasteiger partial charge in [0.15, 0.2) is 0 Å². The van der Waals surface area contributed by atoms with E-state index in [-0.39, 0.29) is 11.7 Å². The van der Waals surface area contributed by atoms with Crippen molar-refractivity contribution in [2.75, 3.05) is 31.9 Å². The number of carbonyl (C=O) groups excluding carboxylic acids is 1. The number of hydrogen-bond acceptors (Lipinski definition) is 3. The first-order chi connectivity index (χ1) is 10.5. The molecule has 1 aromatic carbocycles. The summed E-state index contributed by atoms with van der Waals surface area (Å²) in [5, 5.41) is 0. The summed E-state index contributed by atoms with van der Waals surface area (Å²) < 4.78 is 25.9. The van der Waals surface area contributed by atoms with Gasteiger partial charge in [-0.1, -0.05) is 31.5 Å². The van der Waals surface area contributed by atoms with Gasteiger partial charge in [0.05, 0.1) is 5.75 Å². The summed E-state index contributed by atoms with van der Waals surface area (Å²) in [6, 6.07) is 7.50. The van der Waals surface area contributed by atoms with Crippen molar-refractivity contribution >= 4 is 15.9 Å². The molecule has 0 unspecified atom stereocenters. The molecule has 5 nitrogen and oxygen atoms in total. The van der Waals surface area contributed by atoms with Gasteiger partial charge in [-0.2, -0.15) is 4.31 Å². The minimum absolute atomic E-state index is 0.0105. The Morgan fingerprint density at radius 1 is 1.14 bits per heavy atom. The van der Waals surface area contributed by atoms with Gasteiger partial charge >= 0.3 is 0 Å². The molecular weight excluding hydrogens is 300 g/mol. The molecule has 1 saturated heterocycles.